The van der Waals surface area contributed by atoms with Gasteiger partial charge >= 0.3 is 12.1 Å². The van der Waals surface area contributed by atoms with Crippen LogP contribution >= 0.6 is 11.6 Å². The molecule has 0 radical (unpaired) electrons. The van der Waals surface area contributed by atoms with Gasteiger partial charge in [0.05, 0.1) is 12.7 Å². The third-order valence-corrected chi connectivity index (χ3v) is 5.07. The molecule has 1 aliphatic heterocycles. The topological polar surface area (TPSA) is 79.6 Å². The number of ether oxygens (including phenoxy) is 2. The van der Waals surface area contributed by atoms with E-state index >= 15 is 0 Å². The monoisotopic (exact) mass is 424 g/mol. The summed E-state index contributed by atoms with van der Waals surface area (Å²) in [6, 6.07) is 5.77. The smallest absolute Gasteiger partial charge is 0.410 e. The van der Waals surface area contributed by atoms with Gasteiger partial charge in [-0.1, -0.05) is 11.6 Å². The van der Waals surface area contributed by atoms with E-state index < -0.39 is 34.8 Å². The van der Waals surface area contributed by atoms with Crippen molar-refractivity contribution in [3.8, 4) is 6.07 Å². The summed E-state index contributed by atoms with van der Waals surface area (Å²) in [5.41, 5.74) is -2.16. The van der Waals surface area contributed by atoms with Crippen LogP contribution in [0.15, 0.2) is 18.2 Å². The van der Waals surface area contributed by atoms with Crippen LogP contribution in [-0.2, 0) is 19.7 Å². The van der Waals surface area contributed by atoms with Gasteiger partial charge in [0.2, 0.25) is 0 Å². The number of likely N-dealkylation sites (tertiary alicyclic amines) is 1. The van der Waals surface area contributed by atoms with Gasteiger partial charge in [0.15, 0.2) is 5.41 Å². The van der Waals surface area contributed by atoms with Crippen LogP contribution in [0.2, 0.25) is 5.02 Å². The largest absolute Gasteiger partial charge is 0.465 e. The molecule has 0 aliphatic carbocycles. The molecule has 1 aromatic carbocycles. The number of carbonyl (C=O) groups excluding carboxylic acids is 2. The average molecular weight is 425 g/mol. The zero-order valence-electron chi connectivity index (χ0n) is 17.1. The van der Waals surface area contributed by atoms with E-state index in [1.807, 2.05) is 0 Å². The molecule has 29 heavy (non-hydrogen) atoms. The summed E-state index contributed by atoms with van der Waals surface area (Å²) in [7, 11) is 0. The minimum absolute atomic E-state index is 0.0854. The molecular weight excluding hydrogens is 399 g/mol. The van der Waals surface area contributed by atoms with Crippen LogP contribution in [0.3, 0.4) is 0 Å². The number of nitrogens with zero attached hydrogens (tertiary/aromatic N) is 2. The van der Waals surface area contributed by atoms with Gasteiger partial charge in [-0.05, 0) is 70.2 Å². The molecule has 1 heterocycles. The highest BCUT2D eigenvalue weighted by Gasteiger charge is 2.50. The van der Waals surface area contributed by atoms with Crippen molar-refractivity contribution in [1.29, 1.82) is 5.26 Å². The van der Waals surface area contributed by atoms with Crippen molar-refractivity contribution in [2.45, 2.75) is 51.6 Å². The standard InChI is InChI=1S/C21H26ClFN2O4/c1-5-28-18(26)21(13-24,15-10-16(22)12-17(23)11-15)14-6-8-25(9-7-14)19(27)29-20(2,3)4/h10-12,14H,5-9H2,1-4H3. The SMILES string of the molecule is CCOC(=O)C(C#N)(c1cc(F)cc(Cl)c1)C1CCN(C(=O)OC(C)(C)C)CC1. The van der Waals surface area contributed by atoms with E-state index in [2.05, 4.69) is 6.07 Å². The first-order valence-electron chi connectivity index (χ1n) is 9.56. The molecule has 0 aromatic heterocycles. The Morgan fingerprint density at radius 2 is 1.90 bits per heavy atom. The Labute approximate surface area is 175 Å². The zero-order chi connectivity index (χ0) is 21.8. The second-order valence-corrected chi connectivity index (χ2v) is 8.48. The maximum Gasteiger partial charge on any atom is 0.410 e. The fourth-order valence-electron chi connectivity index (χ4n) is 3.57. The van der Waals surface area contributed by atoms with E-state index in [1.54, 1.807) is 32.6 Å². The average Bonchev–Trinajstić information content (AvgIpc) is 2.61. The maximum absolute atomic E-state index is 14.0. The number of amides is 1. The molecule has 0 N–H and O–H groups in total. The van der Waals surface area contributed by atoms with Gasteiger partial charge in [0.1, 0.15) is 11.4 Å². The third kappa shape index (κ3) is 5.18. The normalized spacial score (nSPS) is 17.2. The second-order valence-electron chi connectivity index (χ2n) is 8.04. The summed E-state index contributed by atoms with van der Waals surface area (Å²) in [5, 5.41) is 10.2. The maximum atomic E-state index is 14.0. The van der Waals surface area contributed by atoms with Crippen molar-refractivity contribution in [1.82, 2.24) is 4.90 Å². The lowest BCUT2D eigenvalue weighted by Crippen LogP contribution is -2.50. The van der Waals surface area contributed by atoms with Gasteiger partial charge in [0, 0.05) is 18.1 Å². The predicted molar refractivity (Wildman–Crippen MR) is 106 cm³/mol. The number of hydrogen-bond donors (Lipinski definition) is 0. The van der Waals surface area contributed by atoms with Crippen molar-refractivity contribution in [3.63, 3.8) is 0 Å². The molecule has 1 amide bonds. The minimum Gasteiger partial charge on any atom is -0.465 e. The van der Waals surface area contributed by atoms with E-state index in [-0.39, 0.29) is 17.2 Å². The molecule has 1 saturated heterocycles. The van der Waals surface area contributed by atoms with Crippen molar-refractivity contribution in [2.75, 3.05) is 19.7 Å². The fraction of sp³-hybridized carbons (Fsp3) is 0.571. The molecule has 8 heteroatoms. The molecule has 0 bridgehead atoms. The van der Waals surface area contributed by atoms with E-state index in [0.717, 1.165) is 12.1 Å². The van der Waals surface area contributed by atoms with Crippen LogP contribution < -0.4 is 0 Å². The first-order chi connectivity index (χ1) is 13.5. The quantitative estimate of drug-likeness (QED) is 0.667. The Balaban J connectivity index is 2.33. The Morgan fingerprint density at radius 3 is 2.38 bits per heavy atom. The summed E-state index contributed by atoms with van der Waals surface area (Å²) >= 11 is 5.99. The summed E-state index contributed by atoms with van der Waals surface area (Å²) in [4.78, 5) is 26.8. The number of carbonyl (C=O) groups is 2. The van der Waals surface area contributed by atoms with Crippen LogP contribution in [0.1, 0.15) is 46.1 Å². The van der Waals surface area contributed by atoms with Crippen molar-refractivity contribution >= 4 is 23.7 Å². The van der Waals surface area contributed by atoms with Gasteiger partial charge < -0.3 is 14.4 Å². The number of nitriles is 1. The summed E-state index contributed by atoms with van der Waals surface area (Å²) < 4.78 is 24.6. The minimum atomic E-state index is -1.71. The van der Waals surface area contributed by atoms with Gasteiger partial charge in [-0.15, -0.1) is 0 Å². The van der Waals surface area contributed by atoms with Crippen LogP contribution in [0.5, 0.6) is 0 Å². The highest BCUT2D eigenvalue weighted by atomic mass is 35.5. The fourth-order valence-corrected chi connectivity index (χ4v) is 3.79. The van der Waals surface area contributed by atoms with E-state index in [0.29, 0.717) is 25.9 Å². The molecule has 1 unspecified atom stereocenters. The molecule has 158 valence electrons. The van der Waals surface area contributed by atoms with Crippen LogP contribution in [0.25, 0.3) is 0 Å². The predicted octanol–water partition coefficient (Wildman–Crippen LogP) is 4.45. The highest BCUT2D eigenvalue weighted by molar-refractivity contribution is 6.30. The first-order valence-corrected chi connectivity index (χ1v) is 9.94. The van der Waals surface area contributed by atoms with E-state index in [1.165, 1.54) is 6.07 Å². The van der Waals surface area contributed by atoms with Crippen LogP contribution in [-0.4, -0.2) is 42.3 Å². The highest BCUT2D eigenvalue weighted by Crippen LogP contribution is 2.41. The van der Waals surface area contributed by atoms with Crippen LogP contribution in [0, 0.1) is 23.1 Å². The van der Waals surface area contributed by atoms with E-state index in [4.69, 9.17) is 21.1 Å². The molecule has 0 spiro atoms. The Hall–Kier alpha value is -2.33. The van der Waals surface area contributed by atoms with Crippen molar-refractivity contribution < 1.29 is 23.5 Å². The number of esters is 1. The van der Waals surface area contributed by atoms with Gasteiger partial charge in [0.25, 0.3) is 0 Å². The summed E-state index contributed by atoms with van der Waals surface area (Å²) in [6.45, 7) is 7.70. The molecule has 6 nitrogen and oxygen atoms in total. The first kappa shape index (κ1) is 23.0. The molecule has 1 aromatic rings. The molecular formula is C21H26ClFN2O4. The summed E-state index contributed by atoms with van der Waals surface area (Å²) in [5.74, 6) is -1.84. The Kier molecular flexibility index (Phi) is 7.12. The number of rotatable bonds is 4. The summed E-state index contributed by atoms with van der Waals surface area (Å²) in [6.07, 6.45) is 0.280. The lowest BCUT2D eigenvalue weighted by molar-refractivity contribution is -0.150. The third-order valence-electron chi connectivity index (χ3n) is 4.85. The van der Waals surface area contributed by atoms with Crippen molar-refractivity contribution in [3.05, 3.63) is 34.6 Å². The van der Waals surface area contributed by atoms with E-state index in [9.17, 15) is 19.2 Å². The Morgan fingerprint density at radius 1 is 1.28 bits per heavy atom. The van der Waals surface area contributed by atoms with Gasteiger partial charge in [-0.3, -0.25) is 0 Å². The Bertz CT molecular complexity index is 790. The molecule has 2 rings (SSSR count). The number of piperidine rings is 1. The lowest BCUT2D eigenvalue weighted by Gasteiger charge is -2.39. The number of benzene rings is 1. The van der Waals surface area contributed by atoms with Gasteiger partial charge in [-0.25, -0.2) is 14.0 Å². The lowest BCUT2D eigenvalue weighted by atomic mass is 9.67. The van der Waals surface area contributed by atoms with Gasteiger partial charge in [-0.2, -0.15) is 5.26 Å². The molecule has 0 saturated carbocycles. The molecule has 1 fully saturated rings. The number of halogens is 2. The van der Waals surface area contributed by atoms with Crippen LogP contribution in [0.4, 0.5) is 9.18 Å². The zero-order valence-corrected chi connectivity index (χ0v) is 17.9. The second kappa shape index (κ2) is 9.00. The molecule has 1 atom stereocenters. The number of hydrogen-bond acceptors (Lipinski definition) is 5. The molecule has 1 aliphatic rings. The van der Waals surface area contributed by atoms with Crippen molar-refractivity contribution in [2.24, 2.45) is 5.92 Å².